The number of rotatable bonds is 10. The van der Waals surface area contributed by atoms with Gasteiger partial charge in [0.15, 0.2) is 0 Å². The predicted octanol–water partition coefficient (Wildman–Crippen LogP) is 4.25. The minimum absolute atomic E-state index is 0.0278. The largest absolute Gasteiger partial charge is 0.462 e. The van der Waals surface area contributed by atoms with Gasteiger partial charge in [0.05, 0.1) is 23.8 Å². The Balaban J connectivity index is 0.000000512. The highest BCUT2D eigenvalue weighted by Gasteiger charge is 2.15. The summed E-state index contributed by atoms with van der Waals surface area (Å²) in [6.45, 7) is 5.95. The van der Waals surface area contributed by atoms with Crippen LogP contribution in [-0.4, -0.2) is 47.6 Å². The Morgan fingerprint density at radius 1 is 0.871 bits per heavy atom. The van der Waals surface area contributed by atoms with E-state index in [0.717, 1.165) is 6.42 Å². The average molecular weight is 431 g/mol. The van der Waals surface area contributed by atoms with E-state index in [1.54, 1.807) is 48.5 Å². The van der Waals surface area contributed by atoms with E-state index < -0.39 is 0 Å². The van der Waals surface area contributed by atoms with Crippen molar-refractivity contribution in [2.24, 2.45) is 5.92 Å². The lowest BCUT2D eigenvalue weighted by molar-refractivity contribution is 0.0177. The molecule has 31 heavy (non-hydrogen) atoms. The number of ether oxygens (including phenoxy) is 2. The van der Waals surface area contributed by atoms with Gasteiger partial charge in [0.1, 0.15) is 6.10 Å². The highest BCUT2D eigenvalue weighted by Crippen LogP contribution is 2.10. The molecule has 0 aliphatic rings. The van der Waals surface area contributed by atoms with Crippen molar-refractivity contribution in [2.45, 2.75) is 52.2 Å². The van der Waals surface area contributed by atoms with Crippen molar-refractivity contribution in [3.63, 3.8) is 0 Å². The zero-order valence-corrected chi connectivity index (χ0v) is 18.6. The molecule has 6 heteroatoms. The van der Waals surface area contributed by atoms with E-state index in [2.05, 4.69) is 0 Å². The zero-order chi connectivity index (χ0) is 23.1. The molecule has 0 aromatic heterocycles. The fourth-order valence-corrected chi connectivity index (χ4v) is 2.60. The van der Waals surface area contributed by atoms with Gasteiger partial charge in [0.2, 0.25) is 0 Å². The molecule has 3 unspecified atom stereocenters. The van der Waals surface area contributed by atoms with E-state index in [1.807, 2.05) is 32.9 Å². The van der Waals surface area contributed by atoms with Gasteiger partial charge >= 0.3 is 11.9 Å². The second kappa shape index (κ2) is 15.2. The Kier molecular flexibility index (Phi) is 12.9. The first-order valence-electron chi connectivity index (χ1n) is 10.7. The molecule has 2 N–H and O–H groups in total. The molecule has 0 saturated carbocycles. The molecule has 0 amide bonds. The van der Waals surface area contributed by atoms with Gasteiger partial charge < -0.3 is 19.7 Å². The Bertz CT molecular complexity index is 739. The molecule has 0 bridgehead atoms. The number of carbonyl (C=O) groups excluding carboxylic acids is 2. The third-order valence-electron chi connectivity index (χ3n) is 4.78. The second-order valence-electron chi connectivity index (χ2n) is 7.23. The lowest BCUT2D eigenvalue weighted by atomic mass is 10.0. The molecular formula is C25H34O6. The summed E-state index contributed by atoms with van der Waals surface area (Å²) in [6, 6.07) is 17.7. The fourth-order valence-electron chi connectivity index (χ4n) is 2.60. The Morgan fingerprint density at radius 2 is 1.39 bits per heavy atom. The van der Waals surface area contributed by atoms with Gasteiger partial charge in [-0.05, 0) is 37.1 Å². The second-order valence-corrected chi connectivity index (χ2v) is 7.23. The van der Waals surface area contributed by atoms with Gasteiger partial charge in [0, 0.05) is 18.9 Å². The van der Waals surface area contributed by atoms with E-state index in [1.165, 1.54) is 0 Å². The molecule has 0 spiro atoms. The van der Waals surface area contributed by atoms with Gasteiger partial charge in [-0.2, -0.15) is 0 Å². The third-order valence-corrected chi connectivity index (χ3v) is 4.78. The molecule has 6 nitrogen and oxygen atoms in total. The average Bonchev–Trinajstić information content (AvgIpc) is 2.83. The highest BCUT2D eigenvalue weighted by atomic mass is 16.6. The SMILES string of the molecule is CCC(CCOC(=O)c1ccccc1)OC(=O)c1ccccc1.CCC(O)C(C)CO. The number of esters is 2. The molecule has 2 rings (SSSR count). The normalized spacial score (nSPS) is 13.2. The first-order chi connectivity index (χ1) is 14.9. The molecule has 2 aromatic carbocycles. The Labute approximate surface area is 184 Å². The maximum Gasteiger partial charge on any atom is 0.338 e. The molecule has 0 fully saturated rings. The molecule has 0 aliphatic heterocycles. The first kappa shape index (κ1) is 26.3. The molecule has 0 aliphatic carbocycles. The zero-order valence-electron chi connectivity index (χ0n) is 18.6. The summed E-state index contributed by atoms with van der Waals surface area (Å²) in [6.07, 6.45) is 1.27. The summed E-state index contributed by atoms with van der Waals surface area (Å²) in [5.41, 5.74) is 1.04. The highest BCUT2D eigenvalue weighted by molar-refractivity contribution is 5.89. The van der Waals surface area contributed by atoms with Crippen LogP contribution in [0.3, 0.4) is 0 Å². The molecule has 170 valence electrons. The van der Waals surface area contributed by atoms with Crippen LogP contribution in [0.2, 0.25) is 0 Å². The summed E-state index contributed by atoms with van der Waals surface area (Å²) in [5, 5.41) is 17.4. The smallest absolute Gasteiger partial charge is 0.338 e. The molecule has 2 aromatic rings. The molecule has 0 heterocycles. The van der Waals surface area contributed by atoms with Crippen molar-refractivity contribution in [3.05, 3.63) is 71.8 Å². The fraction of sp³-hybridized carbons (Fsp3) is 0.440. The number of aliphatic hydroxyl groups excluding tert-OH is 2. The van der Waals surface area contributed by atoms with Gasteiger partial charge in [0.25, 0.3) is 0 Å². The van der Waals surface area contributed by atoms with Crippen LogP contribution >= 0.6 is 0 Å². The van der Waals surface area contributed by atoms with Crippen molar-refractivity contribution < 1.29 is 29.3 Å². The van der Waals surface area contributed by atoms with Crippen LogP contribution in [0.4, 0.5) is 0 Å². The van der Waals surface area contributed by atoms with E-state index in [4.69, 9.17) is 19.7 Å². The van der Waals surface area contributed by atoms with Crippen LogP contribution in [0.25, 0.3) is 0 Å². The summed E-state index contributed by atoms with van der Waals surface area (Å²) in [4.78, 5) is 23.8. The standard InChI is InChI=1S/C19H20O4.C6H14O2/c1-2-17(23-19(21)16-11-7-4-8-12-16)13-14-22-18(20)15-9-5-3-6-10-15;1-3-6(8)5(2)4-7/h3-12,17H,2,13-14H2,1H3;5-8H,3-4H2,1-2H3. The lowest BCUT2D eigenvalue weighted by Gasteiger charge is -2.16. The summed E-state index contributed by atoms with van der Waals surface area (Å²) in [7, 11) is 0. The Morgan fingerprint density at radius 3 is 1.81 bits per heavy atom. The topological polar surface area (TPSA) is 93.1 Å². The van der Waals surface area contributed by atoms with Crippen molar-refractivity contribution in [1.82, 2.24) is 0 Å². The van der Waals surface area contributed by atoms with E-state index >= 15 is 0 Å². The molecule has 0 saturated heterocycles. The van der Waals surface area contributed by atoms with E-state index in [-0.39, 0.29) is 43.3 Å². The molecule has 3 atom stereocenters. The van der Waals surface area contributed by atoms with Crippen molar-refractivity contribution in [3.8, 4) is 0 Å². The lowest BCUT2D eigenvalue weighted by Crippen LogP contribution is -2.20. The van der Waals surface area contributed by atoms with Crippen molar-refractivity contribution in [2.75, 3.05) is 13.2 Å². The number of hydrogen-bond acceptors (Lipinski definition) is 6. The van der Waals surface area contributed by atoms with Crippen LogP contribution in [-0.2, 0) is 9.47 Å². The van der Waals surface area contributed by atoms with Crippen LogP contribution in [0, 0.1) is 5.92 Å². The number of aliphatic hydroxyl groups is 2. The molecular weight excluding hydrogens is 396 g/mol. The van der Waals surface area contributed by atoms with Crippen LogP contribution in [0.5, 0.6) is 0 Å². The van der Waals surface area contributed by atoms with Crippen LogP contribution < -0.4 is 0 Å². The predicted molar refractivity (Wildman–Crippen MR) is 120 cm³/mol. The third kappa shape index (κ3) is 10.2. The van der Waals surface area contributed by atoms with Crippen molar-refractivity contribution in [1.29, 1.82) is 0 Å². The van der Waals surface area contributed by atoms with Gasteiger partial charge in [-0.1, -0.05) is 57.2 Å². The number of hydrogen-bond donors (Lipinski definition) is 2. The maximum absolute atomic E-state index is 12.0. The van der Waals surface area contributed by atoms with E-state index in [0.29, 0.717) is 24.0 Å². The van der Waals surface area contributed by atoms with Gasteiger partial charge in [-0.25, -0.2) is 9.59 Å². The van der Waals surface area contributed by atoms with Gasteiger partial charge in [-0.3, -0.25) is 0 Å². The first-order valence-corrected chi connectivity index (χ1v) is 10.7. The summed E-state index contributed by atoms with van der Waals surface area (Å²) in [5.74, 6) is -0.693. The minimum atomic E-state index is -0.366. The number of carbonyl (C=O) groups is 2. The quantitative estimate of drug-likeness (QED) is 0.547. The van der Waals surface area contributed by atoms with Crippen LogP contribution in [0.1, 0.15) is 60.7 Å². The number of benzene rings is 2. The van der Waals surface area contributed by atoms with E-state index in [9.17, 15) is 9.59 Å². The van der Waals surface area contributed by atoms with Crippen LogP contribution in [0.15, 0.2) is 60.7 Å². The summed E-state index contributed by atoms with van der Waals surface area (Å²) >= 11 is 0. The monoisotopic (exact) mass is 430 g/mol. The Hall–Kier alpha value is -2.70. The van der Waals surface area contributed by atoms with Gasteiger partial charge in [-0.15, -0.1) is 0 Å². The minimum Gasteiger partial charge on any atom is -0.462 e. The molecule has 0 radical (unpaired) electrons. The maximum atomic E-state index is 12.0. The summed E-state index contributed by atoms with van der Waals surface area (Å²) < 4.78 is 10.7. The van der Waals surface area contributed by atoms with Crippen molar-refractivity contribution >= 4 is 11.9 Å².